The summed E-state index contributed by atoms with van der Waals surface area (Å²) in [6.45, 7) is 5.00. The number of likely N-dealkylation sites (N-methyl/N-ethyl adjacent to an activating group) is 1. The molecule has 0 aromatic heterocycles. The molecule has 14 heteroatoms. The predicted molar refractivity (Wildman–Crippen MR) is 190 cm³/mol. The van der Waals surface area contributed by atoms with Crippen molar-refractivity contribution in [2.45, 2.75) is 64.1 Å². The van der Waals surface area contributed by atoms with Gasteiger partial charge >= 0.3 is 0 Å². The minimum atomic E-state index is -3.32. The number of aliphatic hydroxyl groups is 3. The number of hydrogen-bond donors (Lipinski definition) is 5. The monoisotopic (exact) mass is 725 g/mol. The summed E-state index contributed by atoms with van der Waals surface area (Å²) in [5, 5.41) is 45.6. The number of primary amides is 1. The number of aliphatic hydroxyl groups excluding tert-OH is 2. The number of unbranched alkanes of at least 4 members (excludes halogenated alkanes) is 2. The smallest absolute Gasteiger partial charge is 0.297 e. The lowest BCUT2D eigenvalue weighted by molar-refractivity contribution is -0.148. The lowest BCUT2D eigenvalue weighted by atomic mass is 9.58. The van der Waals surface area contributed by atoms with Crippen LogP contribution in [0, 0.1) is 11.8 Å². The number of nitrogens with two attached hydrogens (primary N) is 1. The van der Waals surface area contributed by atoms with E-state index >= 15 is 0 Å². The summed E-state index contributed by atoms with van der Waals surface area (Å²) >= 11 is 0. The first-order chi connectivity index (χ1) is 24.2. The molecule has 0 saturated carbocycles. The number of benzene rings is 2. The minimum Gasteiger partial charge on any atom is -0.510 e. The number of nitrogens with zero attached hydrogens (tertiary/aromatic N) is 2. The molecular formula is C37H48N3O10P. The van der Waals surface area contributed by atoms with Crippen LogP contribution in [0.25, 0.3) is 11.1 Å². The molecule has 1 amide bonds. The van der Waals surface area contributed by atoms with Crippen LogP contribution in [0.4, 0.5) is 0 Å². The van der Waals surface area contributed by atoms with Crippen LogP contribution in [0.15, 0.2) is 59.1 Å². The number of phenols is 1. The molecule has 51 heavy (non-hydrogen) atoms. The number of carbonyl (C=O) groups excluding carboxylic acids is 3. The summed E-state index contributed by atoms with van der Waals surface area (Å²) < 4.78 is 26.9. The highest BCUT2D eigenvalue weighted by molar-refractivity contribution is 7.56. The molecule has 5 atom stereocenters. The molecule has 5 rings (SSSR count). The fraction of sp³-hybridized carbons (Fsp3) is 0.486. The lowest BCUT2D eigenvalue weighted by Gasteiger charge is -2.50. The Morgan fingerprint density at radius 1 is 1.10 bits per heavy atom. The third kappa shape index (κ3) is 6.67. The maximum atomic E-state index is 14.2. The van der Waals surface area contributed by atoms with Gasteiger partial charge in [0.2, 0.25) is 5.78 Å². The molecule has 3 aliphatic rings. The van der Waals surface area contributed by atoms with E-state index in [-0.39, 0.29) is 42.7 Å². The zero-order valence-electron chi connectivity index (χ0n) is 29.7. The standard InChI is InChI=1S/C37H48N3O10P/c1-6-8-9-15-40(51(48,20-49-5)50-7-2)19-21-11-10-12-22(16-21)24-13-14-27(41)29-25(24)17-23-18-26-31(39(3)4)33(43)30(36(38)46)35(45)37(26,47)34(44)28(23)32(29)42/h10-14,16,23,26,31,41,43-44,47H,6-9,15,17-20H2,1-5H3,(H2,38,46)/t23-,26+,31+,37-,51?/m0/s1. The SMILES string of the molecule is CCCCCN(Cc1cccc(-c2ccc(O)c3c2C[C@H]2C[C@@H]4[C@@H](N(C)C)C(O)=C(C(N)=O)C(=O)[C@@]4(O)C(O)=C2C3=O)c1)P(=O)(COC)OCC. The number of aromatic hydroxyl groups is 1. The number of Topliss-reactive ketones (excluding diaryl/α,β-unsaturated/α-hetero) is 2. The van der Waals surface area contributed by atoms with Gasteiger partial charge in [0.1, 0.15) is 29.2 Å². The van der Waals surface area contributed by atoms with Gasteiger partial charge in [0.05, 0.1) is 18.2 Å². The average Bonchev–Trinajstić information content (AvgIpc) is 3.06. The Balaban J connectivity index is 1.58. The van der Waals surface area contributed by atoms with E-state index in [1.54, 1.807) is 27.1 Å². The van der Waals surface area contributed by atoms with Gasteiger partial charge in [-0.25, -0.2) is 4.67 Å². The predicted octanol–water partition coefficient (Wildman–Crippen LogP) is 4.61. The Morgan fingerprint density at radius 2 is 1.82 bits per heavy atom. The molecule has 13 nitrogen and oxygen atoms in total. The number of allylic oxidation sites excluding steroid dienone is 1. The Morgan fingerprint density at radius 3 is 2.45 bits per heavy atom. The quantitative estimate of drug-likeness (QED) is 0.103. The number of methoxy groups -OCH3 is 1. The van der Waals surface area contributed by atoms with Crippen molar-refractivity contribution in [1.29, 1.82) is 0 Å². The number of hydrogen-bond acceptors (Lipinski definition) is 11. The van der Waals surface area contributed by atoms with E-state index in [4.69, 9.17) is 15.0 Å². The van der Waals surface area contributed by atoms with Crippen LogP contribution in [0.1, 0.15) is 61.0 Å². The van der Waals surface area contributed by atoms with Crippen molar-refractivity contribution in [3.8, 4) is 16.9 Å². The Bertz CT molecular complexity index is 1830. The molecule has 0 fully saturated rings. The van der Waals surface area contributed by atoms with E-state index in [0.717, 1.165) is 30.4 Å². The zero-order valence-corrected chi connectivity index (χ0v) is 30.6. The summed E-state index contributed by atoms with van der Waals surface area (Å²) in [4.78, 5) is 41.6. The molecule has 6 N–H and O–H groups in total. The Kier molecular flexibility index (Phi) is 11.3. The van der Waals surface area contributed by atoms with Crippen molar-refractivity contribution in [3.05, 3.63) is 75.8 Å². The molecule has 2 aromatic rings. The van der Waals surface area contributed by atoms with Gasteiger partial charge in [-0.3, -0.25) is 23.8 Å². The molecule has 0 heterocycles. The van der Waals surface area contributed by atoms with E-state index < -0.39 is 65.6 Å². The van der Waals surface area contributed by atoms with Gasteiger partial charge in [0, 0.05) is 31.7 Å². The highest BCUT2D eigenvalue weighted by Gasteiger charge is 2.63. The maximum Gasteiger partial charge on any atom is 0.297 e. The second-order valence-corrected chi connectivity index (χ2v) is 16.1. The average molecular weight is 726 g/mol. The third-order valence-corrected chi connectivity index (χ3v) is 12.7. The molecule has 3 aliphatic carbocycles. The summed E-state index contributed by atoms with van der Waals surface area (Å²) in [6.07, 6.45) is 2.85. The first kappa shape index (κ1) is 38.4. The molecule has 0 radical (unpaired) electrons. The van der Waals surface area contributed by atoms with Crippen molar-refractivity contribution in [2.75, 3.05) is 40.7 Å². The van der Waals surface area contributed by atoms with Crippen molar-refractivity contribution in [1.82, 2.24) is 9.57 Å². The number of amides is 1. The van der Waals surface area contributed by atoms with Gasteiger partial charge in [-0.1, -0.05) is 44.0 Å². The van der Waals surface area contributed by atoms with E-state index in [9.17, 15) is 39.4 Å². The number of ketones is 2. The van der Waals surface area contributed by atoms with E-state index in [1.807, 2.05) is 28.9 Å². The van der Waals surface area contributed by atoms with Gasteiger partial charge in [0.15, 0.2) is 11.4 Å². The van der Waals surface area contributed by atoms with Crippen molar-refractivity contribution in [3.63, 3.8) is 0 Å². The highest BCUT2D eigenvalue weighted by Crippen LogP contribution is 2.54. The Labute approximate surface area is 297 Å². The van der Waals surface area contributed by atoms with Crippen molar-refractivity contribution in [2.24, 2.45) is 17.6 Å². The van der Waals surface area contributed by atoms with Gasteiger partial charge in [0.25, 0.3) is 13.4 Å². The van der Waals surface area contributed by atoms with Crippen LogP contribution < -0.4 is 5.73 Å². The van der Waals surface area contributed by atoms with Crippen LogP contribution in [0.5, 0.6) is 5.75 Å². The van der Waals surface area contributed by atoms with Crippen molar-refractivity contribution >= 4 is 25.0 Å². The number of rotatable bonds is 14. The summed E-state index contributed by atoms with van der Waals surface area (Å²) in [5.74, 6) is -7.01. The Hall–Kier alpha value is -3.84. The molecule has 276 valence electrons. The van der Waals surface area contributed by atoms with Crippen LogP contribution in [-0.4, -0.2) is 99.8 Å². The van der Waals surface area contributed by atoms with E-state index in [2.05, 4.69) is 6.92 Å². The summed E-state index contributed by atoms with van der Waals surface area (Å²) in [5.41, 5.74) is 4.33. The molecule has 2 aromatic carbocycles. The van der Waals surface area contributed by atoms with Crippen molar-refractivity contribution < 1.29 is 48.6 Å². The van der Waals surface area contributed by atoms with Gasteiger partial charge < -0.3 is 35.4 Å². The second kappa shape index (κ2) is 15.0. The summed E-state index contributed by atoms with van der Waals surface area (Å²) in [6, 6.07) is 9.60. The first-order valence-corrected chi connectivity index (χ1v) is 19.0. The van der Waals surface area contributed by atoms with Crippen LogP contribution in [-0.2, 0) is 36.4 Å². The van der Waals surface area contributed by atoms with E-state index in [1.165, 1.54) is 18.1 Å². The molecule has 0 bridgehead atoms. The fourth-order valence-electron chi connectivity index (χ4n) is 8.02. The maximum absolute atomic E-state index is 14.2. The molecule has 0 aliphatic heterocycles. The topological polar surface area (TPSA) is 200 Å². The number of fused-ring (bicyclic) bond motifs is 3. The number of ether oxygens (including phenoxy) is 1. The third-order valence-electron chi connectivity index (χ3n) is 10.3. The van der Waals surface area contributed by atoms with Crippen LogP contribution in [0.3, 0.4) is 0 Å². The number of carbonyl (C=O) groups is 3. The van der Waals surface area contributed by atoms with Gasteiger partial charge in [-0.2, -0.15) is 0 Å². The second-order valence-electron chi connectivity index (χ2n) is 13.7. The van der Waals surface area contributed by atoms with E-state index in [0.29, 0.717) is 24.2 Å². The molecule has 0 saturated heterocycles. The highest BCUT2D eigenvalue weighted by atomic mass is 31.2. The molecule has 0 spiro atoms. The molecular weight excluding hydrogens is 677 g/mol. The lowest BCUT2D eigenvalue weighted by Crippen LogP contribution is -2.63. The normalized spacial score (nSPS) is 24.4. The van der Waals surface area contributed by atoms with Crippen LogP contribution >= 0.6 is 7.52 Å². The zero-order chi connectivity index (χ0) is 37.4. The van der Waals surface area contributed by atoms with Gasteiger partial charge in [-0.15, -0.1) is 0 Å². The van der Waals surface area contributed by atoms with Gasteiger partial charge in [-0.05, 0) is 80.6 Å². The van der Waals surface area contributed by atoms with Crippen LogP contribution in [0.2, 0.25) is 0 Å². The number of phenolic OH excluding ortho intramolecular Hbond substituents is 1. The fourth-order valence-corrected chi connectivity index (χ4v) is 9.97. The minimum absolute atomic E-state index is 0.0141. The summed E-state index contributed by atoms with van der Waals surface area (Å²) in [7, 11) is 1.35. The molecule has 1 unspecified atom stereocenters. The first-order valence-electron chi connectivity index (χ1n) is 17.2. The largest absolute Gasteiger partial charge is 0.510 e.